The van der Waals surface area contributed by atoms with Crippen molar-refractivity contribution in [2.24, 2.45) is 5.92 Å². The molecule has 0 saturated carbocycles. The molecule has 0 N–H and O–H groups in total. The minimum absolute atomic E-state index is 0.231. The van der Waals surface area contributed by atoms with Crippen molar-refractivity contribution in [1.82, 2.24) is 4.98 Å². The van der Waals surface area contributed by atoms with E-state index in [1.807, 2.05) is 6.20 Å². The molecule has 26 heavy (non-hydrogen) atoms. The Labute approximate surface area is 157 Å². The minimum Gasteiger partial charge on any atom is -0.348 e. The average molecular weight is 354 g/mol. The number of pyridine rings is 1. The van der Waals surface area contributed by atoms with E-state index < -0.39 is 0 Å². The fourth-order valence-corrected chi connectivity index (χ4v) is 3.44. The van der Waals surface area contributed by atoms with Crippen LogP contribution in [-0.2, 0) is 15.9 Å². The second-order valence-corrected chi connectivity index (χ2v) is 7.28. The number of unbranched alkanes of at least 4 members (excludes halogenated alkanes) is 2. The third kappa shape index (κ3) is 5.15. The predicted molar refractivity (Wildman–Crippen MR) is 106 cm³/mol. The Morgan fingerprint density at radius 2 is 1.69 bits per heavy atom. The molecule has 0 bridgehead atoms. The Kier molecular flexibility index (Phi) is 7.22. The molecule has 1 aliphatic rings. The van der Waals surface area contributed by atoms with Gasteiger partial charge in [0.1, 0.15) is 0 Å². The number of hydrogen-bond donors (Lipinski definition) is 0. The molecule has 2 aromatic rings. The Bertz CT molecular complexity index is 643. The smallest absolute Gasteiger partial charge is 0.183 e. The lowest BCUT2D eigenvalue weighted by atomic mass is 10.0. The van der Waals surface area contributed by atoms with Crippen molar-refractivity contribution in [1.29, 1.82) is 0 Å². The van der Waals surface area contributed by atoms with Crippen LogP contribution in [0.5, 0.6) is 0 Å². The molecule has 0 aliphatic carbocycles. The lowest BCUT2D eigenvalue weighted by Crippen LogP contribution is -2.26. The molecule has 1 saturated heterocycles. The van der Waals surface area contributed by atoms with Gasteiger partial charge in [0.15, 0.2) is 6.29 Å². The van der Waals surface area contributed by atoms with Crippen LogP contribution in [0.2, 0.25) is 0 Å². The summed E-state index contributed by atoms with van der Waals surface area (Å²) in [7, 11) is 0. The topological polar surface area (TPSA) is 31.4 Å². The SMILES string of the molecule is CCCCCc1ccc(-c2ccc(C3OCC(CCC)CO3)cc2)nc1. The van der Waals surface area contributed by atoms with Gasteiger partial charge in [0.25, 0.3) is 0 Å². The molecule has 1 aliphatic heterocycles. The van der Waals surface area contributed by atoms with Gasteiger partial charge in [-0.3, -0.25) is 4.98 Å². The molecule has 3 heteroatoms. The van der Waals surface area contributed by atoms with Crippen molar-refractivity contribution in [2.45, 2.75) is 58.7 Å². The number of nitrogens with zero attached hydrogens (tertiary/aromatic N) is 1. The van der Waals surface area contributed by atoms with Gasteiger partial charge in [0, 0.05) is 23.2 Å². The first-order valence-corrected chi connectivity index (χ1v) is 10.1. The van der Waals surface area contributed by atoms with E-state index in [9.17, 15) is 0 Å². The van der Waals surface area contributed by atoms with Crippen molar-refractivity contribution < 1.29 is 9.47 Å². The summed E-state index contributed by atoms with van der Waals surface area (Å²) in [5.41, 5.74) is 4.56. The third-order valence-electron chi connectivity index (χ3n) is 5.04. The van der Waals surface area contributed by atoms with Crippen LogP contribution >= 0.6 is 0 Å². The Morgan fingerprint density at radius 1 is 0.923 bits per heavy atom. The molecular formula is C23H31NO2. The molecule has 0 unspecified atom stereocenters. The summed E-state index contributed by atoms with van der Waals surface area (Å²) in [4.78, 5) is 4.64. The first-order chi connectivity index (χ1) is 12.8. The highest BCUT2D eigenvalue weighted by molar-refractivity contribution is 5.59. The minimum atomic E-state index is -0.231. The van der Waals surface area contributed by atoms with E-state index in [0.29, 0.717) is 5.92 Å². The fourth-order valence-electron chi connectivity index (χ4n) is 3.44. The second-order valence-electron chi connectivity index (χ2n) is 7.28. The van der Waals surface area contributed by atoms with E-state index in [2.05, 4.69) is 55.2 Å². The Morgan fingerprint density at radius 3 is 2.31 bits per heavy atom. The maximum atomic E-state index is 5.90. The molecule has 3 rings (SSSR count). The van der Waals surface area contributed by atoms with Gasteiger partial charge >= 0.3 is 0 Å². The Hall–Kier alpha value is -1.71. The predicted octanol–water partition coefficient (Wildman–Crippen LogP) is 5.94. The molecule has 3 nitrogen and oxygen atoms in total. The molecule has 140 valence electrons. The largest absolute Gasteiger partial charge is 0.348 e. The molecule has 0 spiro atoms. The van der Waals surface area contributed by atoms with Gasteiger partial charge in [-0.1, -0.05) is 63.4 Å². The van der Waals surface area contributed by atoms with Crippen molar-refractivity contribution in [2.75, 3.05) is 13.2 Å². The fraction of sp³-hybridized carbons (Fsp3) is 0.522. The summed E-state index contributed by atoms with van der Waals surface area (Å²) in [6.45, 7) is 6.02. The second kappa shape index (κ2) is 9.84. The summed E-state index contributed by atoms with van der Waals surface area (Å²) in [5, 5.41) is 0. The molecular weight excluding hydrogens is 322 g/mol. The van der Waals surface area contributed by atoms with Gasteiger partial charge < -0.3 is 9.47 Å². The van der Waals surface area contributed by atoms with Crippen LogP contribution in [0, 0.1) is 5.92 Å². The highest BCUT2D eigenvalue weighted by Gasteiger charge is 2.22. The molecule has 1 fully saturated rings. The molecule has 0 radical (unpaired) electrons. The first-order valence-electron chi connectivity index (χ1n) is 10.1. The highest BCUT2D eigenvalue weighted by Crippen LogP contribution is 2.28. The molecule has 1 aromatic heterocycles. The average Bonchev–Trinajstić information content (AvgIpc) is 2.70. The maximum absolute atomic E-state index is 5.90. The summed E-state index contributed by atoms with van der Waals surface area (Å²) in [6, 6.07) is 12.7. The number of hydrogen-bond acceptors (Lipinski definition) is 3. The van der Waals surface area contributed by atoms with Gasteiger partial charge in [-0.05, 0) is 30.9 Å². The molecule has 0 amide bonds. The van der Waals surface area contributed by atoms with E-state index in [1.54, 1.807) is 0 Å². The van der Waals surface area contributed by atoms with Crippen molar-refractivity contribution in [3.63, 3.8) is 0 Å². The third-order valence-corrected chi connectivity index (χ3v) is 5.04. The van der Waals surface area contributed by atoms with Gasteiger partial charge in [-0.2, -0.15) is 0 Å². The van der Waals surface area contributed by atoms with Gasteiger partial charge in [0.05, 0.1) is 18.9 Å². The van der Waals surface area contributed by atoms with Gasteiger partial charge in [-0.25, -0.2) is 0 Å². The zero-order valence-corrected chi connectivity index (χ0v) is 16.1. The summed E-state index contributed by atoms with van der Waals surface area (Å²) >= 11 is 0. The van der Waals surface area contributed by atoms with E-state index in [0.717, 1.165) is 36.5 Å². The maximum Gasteiger partial charge on any atom is 0.183 e. The lowest BCUT2D eigenvalue weighted by Gasteiger charge is -2.29. The van der Waals surface area contributed by atoms with Crippen LogP contribution in [0.4, 0.5) is 0 Å². The van der Waals surface area contributed by atoms with Gasteiger partial charge in [-0.15, -0.1) is 0 Å². The normalized spacial score (nSPS) is 20.2. The molecule has 0 atom stereocenters. The van der Waals surface area contributed by atoms with Crippen LogP contribution in [0.3, 0.4) is 0 Å². The number of aryl methyl sites for hydroxylation is 1. The quantitative estimate of drug-likeness (QED) is 0.550. The van der Waals surface area contributed by atoms with E-state index in [-0.39, 0.29) is 6.29 Å². The molecule has 2 heterocycles. The summed E-state index contributed by atoms with van der Waals surface area (Å²) in [6.07, 6.45) is 9.04. The first kappa shape index (κ1) is 19.1. The Balaban J connectivity index is 1.57. The van der Waals surface area contributed by atoms with Crippen LogP contribution in [0.15, 0.2) is 42.6 Å². The van der Waals surface area contributed by atoms with E-state index in [1.165, 1.54) is 37.7 Å². The van der Waals surface area contributed by atoms with E-state index >= 15 is 0 Å². The zero-order valence-electron chi connectivity index (χ0n) is 16.1. The lowest BCUT2D eigenvalue weighted by molar-refractivity contribution is -0.206. The van der Waals surface area contributed by atoms with Gasteiger partial charge in [0.2, 0.25) is 0 Å². The van der Waals surface area contributed by atoms with Crippen molar-refractivity contribution in [3.8, 4) is 11.3 Å². The molecule has 1 aromatic carbocycles. The number of benzene rings is 1. The monoisotopic (exact) mass is 353 g/mol. The van der Waals surface area contributed by atoms with Crippen molar-refractivity contribution >= 4 is 0 Å². The van der Waals surface area contributed by atoms with Crippen LogP contribution in [-0.4, -0.2) is 18.2 Å². The van der Waals surface area contributed by atoms with Crippen LogP contribution in [0.25, 0.3) is 11.3 Å². The van der Waals surface area contributed by atoms with Crippen LogP contribution in [0.1, 0.15) is 63.4 Å². The van der Waals surface area contributed by atoms with E-state index in [4.69, 9.17) is 9.47 Å². The number of rotatable bonds is 8. The summed E-state index contributed by atoms with van der Waals surface area (Å²) in [5.74, 6) is 0.538. The van der Waals surface area contributed by atoms with Crippen molar-refractivity contribution in [3.05, 3.63) is 53.7 Å². The van der Waals surface area contributed by atoms with Crippen LogP contribution < -0.4 is 0 Å². The highest BCUT2D eigenvalue weighted by atomic mass is 16.7. The summed E-state index contributed by atoms with van der Waals surface area (Å²) < 4.78 is 11.8. The zero-order chi connectivity index (χ0) is 18.2. The number of ether oxygens (including phenoxy) is 2. The standard InChI is InChI=1S/C23H31NO2/c1-3-5-6-8-18-9-14-22(24-15-18)20-10-12-21(13-11-20)23-25-16-19(7-4-2)17-26-23/h9-15,19,23H,3-8,16-17H2,1-2H3. The number of aromatic nitrogens is 1.